The molecule has 1 fully saturated rings. The van der Waals surface area contributed by atoms with Crippen LogP contribution in [0.3, 0.4) is 0 Å². The maximum absolute atomic E-state index is 12.1. The molecule has 1 rings (SSSR count). The smallest absolute Gasteiger partial charge is 0.291 e. The lowest BCUT2D eigenvalue weighted by molar-refractivity contribution is -0.128. The van der Waals surface area contributed by atoms with Crippen LogP contribution in [-0.2, 0) is 0 Å². The molecule has 0 radical (unpaired) electrons. The average Bonchev–Trinajstić information content (AvgIpc) is 2.16. The van der Waals surface area contributed by atoms with E-state index in [4.69, 9.17) is 5.26 Å². The summed E-state index contributed by atoms with van der Waals surface area (Å²) in [4.78, 5) is 0. The van der Waals surface area contributed by atoms with E-state index in [-0.39, 0.29) is 0 Å². The third-order valence-corrected chi connectivity index (χ3v) is 3.05. The molecule has 16 heavy (non-hydrogen) atoms. The fourth-order valence-corrected chi connectivity index (χ4v) is 2.11. The van der Waals surface area contributed by atoms with Crippen molar-refractivity contribution in [3.63, 3.8) is 0 Å². The monoisotopic (exact) mass is 234 g/mol. The van der Waals surface area contributed by atoms with Crippen molar-refractivity contribution >= 4 is 0 Å². The van der Waals surface area contributed by atoms with Gasteiger partial charge in [0, 0.05) is 0 Å². The quantitative estimate of drug-likeness (QED) is 0.796. The van der Waals surface area contributed by atoms with E-state index in [2.05, 4.69) is 5.32 Å². The molecule has 0 heterocycles. The van der Waals surface area contributed by atoms with Crippen molar-refractivity contribution < 1.29 is 13.2 Å². The van der Waals surface area contributed by atoms with Gasteiger partial charge in [0.2, 0.25) is 0 Å². The largest absolute Gasteiger partial charge is 0.401 e. The number of nitriles is 1. The summed E-state index contributed by atoms with van der Waals surface area (Å²) in [5, 5.41) is 11.5. The van der Waals surface area contributed by atoms with Crippen molar-refractivity contribution in [1.82, 2.24) is 5.32 Å². The van der Waals surface area contributed by atoms with Gasteiger partial charge in [0.15, 0.2) is 0 Å². The van der Waals surface area contributed by atoms with Crippen LogP contribution in [0.1, 0.15) is 44.9 Å². The highest BCUT2D eigenvalue weighted by molar-refractivity contribution is 5.07. The molecule has 1 saturated carbocycles. The molecule has 0 aromatic carbocycles. The maximum Gasteiger partial charge on any atom is 0.401 e. The van der Waals surface area contributed by atoms with Crippen LogP contribution < -0.4 is 5.32 Å². The summed E-state index contributed by atoms with van der Waals surface area (Å²) in [6, 6.07) is 2.05. The Kier molecular flexibility index (Phi) is 4.60. The minimum absolute atomic E-state index is 0.527. The molecule has 1 aliphatic carbocycles. The third-order valence-electron chi connectivity index (χ3n) is 3.05. The average molecular weight is 234 g/mol. The van der Waals surface area contributed by atoms with E-state index >= 15 is 0 Å². The zero-order valence-corrected chi connectivity index (χ0v) is 9.24. The molecule has 0 aliphatic heterocycles. The van der Waals surface area contributed by atoms with Crippen LogP contribution in [0.5, 0.6) is 0 Å². The lowest BCUT2D eigenvalue weighted by Crippen LogP contribution is -2.48. The minimum atomic E-state index is -4.24. The van der Waals surface area contributed by atoms with Crippen LogP contribution in [0.4, 0.5) is 13.2 Å². The highest BCUT2D eigenvalue weighted by Gasteiger charge is 2.35. The molecule has 1 aliphatic rings. The fraction of sp³-hybridized carbons (Fsp3) is 0.909. The van der Waals surface area contributed by atoms with Gasteiger partial charge in [0.1, 0.15) is 5.54 Å². The molecule has 0 bridgehead atoms. The van der Waals surface area contributed by atoms with E-state index in [1.807, 2.05) is 6.07 Å². The molecule has 5 heteroatoms. The lowest BCUT2D eigenvalue weighted by Gasteiger charge is -2.30. The highest BCUT2D eigenvalue weighted by atomic mass is 19.4. The molecule has 0 saturated heterocycles. The second kappa shape index (κ2) is 5.53. The van der Waals surface area contributed by atoms with Crippen molar-refractivity contribution in [2.75, 3.05) is 6.54 Å². The summed E-state index contributed by atoms with van der Waals surface area (Å²) in [6.45, 7) is -1.07. The number of hydrogen-bond acceptors (Lipinski definition) is 2. The van der Waals surface area contributed by atoms with Crippen molar-refractivity contribution in [3.05, 3.63) is 0 Å². The molecule has 0 unspecified atom stereocenters. The van der Waals surface area contributed by atoms with Gasteiger partial charge < -0.3 is 0 Å². The van der Waals surface area contributed by atoms with Crippen LogP contribution in [-0.4, -0.2) is 18.3 Å². The third kappa shape index (κ3) is 4.40. The Hall–Kier alpha value is -0.760. The first kappa shape index (κ1) is 13.3. The molecular weight excluding hydrogens is 217 g/mol. The number of hydrogen-bond donors (Lipinski definition) is 1. The van der Waals surface area contributed by atoms with E-state index < -0.39 is 18.3 Å². The van der Waals surface area contributed by atoms with E-state index in [1.54, 1.807) is 0 Å². The van der Waals surface area contributed by atoms with E-state index in [0.29, 0.717) is 12.8 Å². The Morgan fingerprint density at radius 1 is 1.06 bits per heavy atom. The Bertz CT molecular complexity index is 247. The van der Waals surface area contributed by atoms with Crippen molar-refractivity contribution in [2.24, 2.45) is 0 Å². The van der Waals surface area contributed by atoms with Gasteiger partial charge in [-0.3, -0.25) is 5.32 Å². The van der Waals surface area contributed by atoms with E-state index in [0.717, 1.165) is 32.1 Å². The van der Waals surface area contributed by atoms with Crippen molar-refractivity contribution in [1.29, 1.82) is 5.26 Å². The predicted molar refractivity (Wildman–Crippen MR) is 54.7 cm³/mol. The number of nitrogens with zero attached hydrogens (tertiary/aromatic N) is 1. The van der Waals surface area contributed by atoms with Gasteiger partial charge in [0.25, 0.3) is 0 Å². The van der Waals surface area contributed by atoms with Crippen LogP contribution in [0.25, 0.3) is 0 Å². The predicted octanol–water partition coefficient (Wildman–Crippen LogP) is 3.14. The van der Waals surface area contributed by atoms with Gasteiger partial charge in [-0.15, -0.1) is 0 Å². The Labute approximate surface area is 93.8 Å². The van der Waals surface area contributed by atoms with Gasteiger partial charge in [-0.05, 0) is 12.8 Å². The van der Waals surface area contributed by atoms with Gasteiger partial charge in [0.05, 0.1) is 12.6 Å². The number of rotatable bonds is 2. The summed E-state index contributed by atoms with van der Waals surface area (Å²) in [5.74, 6) is 0. The number of halogens is 3. The van der Waals surface area contributed by atoms with Crippen LogP contribution in [0.2, 0.25) is 0 Å². The second-order valence-corrected chi connectivity index (χ2v) is 4.43. The molecule has 0 aromatic rings. The first-order valence-corrected chi connectivity index (χ1v) is 5.70. The first-order valence-electron chi connectivity index (χ1n) is 5.70. The zero-order valence-electron chi connectivity index (χ0n) is 9.24. The van der Waals surface area contributed by atoms with Gasteiger partial charge in [-0.25, -0.2) is 0 Å². The number of nitrogens with one attached hydrogen (secondary N) is 1. The molecule has 0 aromatic heterocycles. The fourth-order valence-electron chi connectivity index (χ4n) is 2.11. The van der Waals surface area contributed by atoms with E-state index in [1.165, 1.54) is 0 Å². The summed E-state index contributed by atoms with van der Waals surface area (Å²) in [6.07, 6.45) is 1.62. The summed E-state index contributed by atoms with van der Waals surface area (Å²) in [5.41, 5.74) is -0.962. The van der Waals surface area contributed by atoms with E-state index in [9.17, 15) is 13.2 Å². The summed E-state index contributed by atoms with van der Waals surface area (Å²) < 4.78 is 36.4. The molecular formula is C11H17F3N2. The van der Waals surface area contributed by atoms with Gasteiger partial charge in [-0.1, -0.05) is 32.1 Å². The van der Waals surface area contributed by atoms with Crippen molar-refractivity contribution in [2.45, 2.75) is 56.7 Å². The lowest BCUT2D eigenvalue weighted by atomic mass is 9.85. The van der Waals surface area contributed by atoms with Crippen LogP contribution in [0.15, 0.2) is 0 Å². The minimum Gasteiger partial charge on any atom is -0.291 e. The Balaban J connectivity index is 2.56. The standard InChI is InChI=1S/C11H17F3N2/c12-11(13,14)9-16-10(8-15)6-4-2-1-3-5-7-10/h16H,1-7,9H2. The van der Waals surface area contributed by atoms with Gasteiger partial charge >= 0.3 is 6.18 Å². The zero-order chi connectivity index (χ0) is 12.1. The Morgan fingerprint density at radius 2 is 1.56 bits per heavy atom. The van der Waals surface area contributed by atoms with Crippen LogP contribution in [0, 0.1) is 11.3 Å². The molecule has 0 atom stereocenters. The molecule has 1 N–H and O–H groups in total. The summed E-state index contributed by atoms with van der Waals surface area (Å²) in [7, 11) is 0. The normalized spacial score (nSPS) is 21.9. The number of alkyl halides is 3. The molecule has 92 valence electrons. The van der Waals surface area contributed by atoms with Crippen LogP contribution >= 0.6 is 0 Å². The van der Waals surface area contributed by atoms with Gasteiger partial charge in [-0.2, -0.15) is 18.4 Å². The summed E-state index contributed by atoms with van der Waals surface area (Å²) >= 11 is 0. The topological polar surface area (TPSA) is 35.8 Å². The molecule has 2 nitrogen and oxygen atoms in total. The molecule has 0 amide bonds. The SMILES string of the molecule is N#CC1(NCC(F)(F)F)CCCCCCC1. The molecule has 0 spiro atoms. The maximum atomic E-state index is 12.1. The highest BCUT2D eigenvalue weighted by Crippen LogP contribution is 2.27. The Morgan fingerprint density at radius 3 is 2.00 bits per heavy atom. The first-order chi connectivity index (χ1) is 7.47. The second-order valence-electron chi connectivity index (χ2n) is 4.43. The van der Waals surface area contributed by atoms with Crippen molar-refractivity contribution in [3.8, 4) is 6.07 Å².